The summed E-state index contributed by atoms with van der Waals surface area (Å²) in [5, 5.41) is 0.953. The van der Waals surface area contributed by atoms with E-state index in [-0.39, 0.29) is 11.8 Å². The first-order valence-electron chi connectivity index (χ1n) is 5.11. The molecule has 0 fully saturated rings. The second-order valence-electron chi connectivity index (χ2n) is 3.84. The molecule has 3 N–H and O–H groups in total. The van der Waals surface area contributed by atoms with Gasteiger partial charge >= 0.3 is 0 Å². The summed E-state index contributed by atoms with van der Waals surface area (Å²) in [5.41, 5.74) is 4.34. The molecule has 0 aliphatic heterocycles. The van der Waals surface area contributed by atoms with Crippen molar-refractivity contribution in [3.05, 3.63) is 23.4 Å². The van der Waals surface area contributed by atoms with Crippen LogP contribution in [-0.4, -0.2) is 16.6 Å². The number of hydrazine groups is 1. The molecule has 16 heavy (non-hydrogen) atoms. The number of hydrogen-bond acceptors (Lipinski definition) is 4. The number of hydrogen-bond donors (Lipinski definition) is 2. The highest BCUT2D eigenvalue weighted by Crippen LogP contribution is 2.20. The fourth-order valence-corrected chi connectivity index (χ4v) is 2.36. The van der Waals surface area contributed by atoms with Crippen LogP contribution in [0.25, 0.3) is 0 Å². The minimum absolute atomic E-state index is 0.113. The third kappa shape index (κ3) is 3.83. The number of aryl methyl sites for hydroxylation is 2. The van der Waals surface area contributed by atoms with E-state index < -0.39 is 0 Å². The Morgan fingerprint density at radius 3 is 2.81 bits per heavy atom. The number of nitrogens with two attached hydrogens (primary N) is 1. The summed E-state index contributed by atoms with van der Waals surface area (Å²) in [6.07, 6.45) is 0. The summed E-state index contributed by atoms with van der Waals surface area (Å²) in [5.74, 6) is 5.49. The van der Waals surface area contributed by atoms with Crippen molar-refractivity contribution in [2.45, 2.75) is 25.8 Å². The molecule has 0 saturated heterocycles. The monoisotopic (exact) mass is 239 g/mol. The molecule has 1 atom stereocenters. The largest absolute Gasteiger partial charge is 0.294 e. The molecule has 1 aromatic rings. The second kappa shape index (κ2) is 5.86. The molecule has 0 saturated carbocycles. The molecule has 0 aliphatic rings. The van der Waals surface area contributed by atoms with E-state index in [2.05, 4.69) is 10.4 Å². The molecule has 0 bridgehead atoms. The van der Waals surface area contributed by atoms with Gasteiger partial charge in [-0.3, -0.25) is 10.2 Å². The number of nitrogens with zero attached hydrogens (tertiary/aromatic N) is 1. The topological polar surface area (TPSA) is 68.0 Å². The molecule has 1 amide bonds. The van der Waals surface area contributed by atoms with E-state index in [9.17, 15) is 4.79 Å². The number of aromatic nitrogens is 1. The number of amides is 1. The Bertz CT molecular complexity index is 361. The Morgan fingerprint density at radius 2 is 2.25 bits per heavy atom. The zero-order chi connectivity index (χ0) is 12.1. The zero-order valence-corrected chi connectivity index (χ0v) is 10.6. The molecule has 5 heteroatoms. The summed E-state index contributed by atoms with van der Waals surface area (Å²) >= 11 is 1.57. The van der Waals surface area contributed by atoms with E-state index in [1.54, 1.807) is 11.8 Å². The van der Waals surface area contributed by atoms with Crippen molar-refractivity contribution < 1.29 is 4.79 Å². The smallest absolute Gasteiger partial charge is 0.237 e. The highest BCUT2D eigenvalue weighted by atomic mass is 32.2. The van der Waals surface area contributed by atoms with Crippen LogP contribution in [0.15, 0.2) is 17.2 Å². The molecule has 0 aromatic carbocycles. The van der Waals surface area contributed by atoms with E-state index in [4.69, 9.17) is 5.84 Å². The first kappa shape index (κ1) is 13.0. The molecule has 1 aromatic heterocycles. The van der Waals surface area contributed by atoms with Crippen LogP contribution in [0.2, 0.25) is 0 Å². The fourth-order valence-electron chi connectivity index (χ4n) is 1.31. The summed E-state index contributed by atoms with van der Waals surface area (Å²) in [7, 11) is 0. The van der Waals surface area contributed by atoms with Gasteiger partial charge in [-0.15, -0.1) is 11.8 Å². The lowest BCUT2D eigenvalue weighted by Crippen LogP contribution is -2.35. The van der Waals surface area contributed by atoms with E-state index in [1.165, 1.54) is 5.56 Å². The number of thioether (sulfide) groups is 1. The van der Waals surface area contributed by atoms with Gasteiger partial charge < -0.3 is 0 Å². The Balaban J connectivity index is 2.57. The molecule has 0 radical (unpaired) electrons. The molecule has 0 aliphatic carbocycles. The van der Waals surface area contributed by atoms with E-state index in [0.29, 0.717) is 5.75 Å². The zero-order valence-electron chi connectivity index (χ0n) is 9.78. The lowest BCUT2D eigenvalue weighted by atomic mass is 10.2. The normalized spacial score (nSPS) is 12.2. The van der Waals surface area contributed by atoms with Crippen molar-refractivity contribution in [1.29, 1.82) is 0 Å². The molecule has 0 spiro atoms. The third-order valence-electron chi connectivity index (χ3n) is 2.15. The van der Waals surface area contributed by atoms with Crippen molar-refractivity contribution >= 4 is 17.7 Å². The maximum atomic E-state index is 11.2. The minimum Gasteiger partial charge on any atom is -0.294 e. The lowest BCUT2D eigenvalue weighted by Gasteiger charge is -2.09. The van der Waals surface area contributed by atoms with Crippen LogP contribution in [0.3, 0.4) is 0 Å². The predicted molar refractivity (Wildman–Crippen MR) is 65.9 cm³/mol. The molecule has 88 valence electrons. The number of rotatable bonds is 4. The number of nitrogens with one attached hydrogen (secondary N) is 1. The quantitative estimate of drug-likeness (QED) is 0.361. The van der Waals surface area contributed by atoms with E-state index in [1.807, 2.05) is 32.9 Å². The van der Waals surface area contributed by atoms with Crippen molar-refractivity contribution in [3.63, 3.8) is 0 Å². The average Bonchev–Trinajstić information content (AvgIpc) is 2.23. The molecule has 1 unspecified atom stereocenters. The van der Waals surface area contributed by atoms with E-state index >= 15 is 0 Å². The summed E-state index contributed by atoms with van der Waals surface area (Å²) in [4.78, 5) is 15.6. The third-order valence-corrected chi connectivity index (χ3v) is 3.32. The molecule has 4 nitrogen and oxygen atoms in total. The summed E-state index contributed by atoms with van der Waals surface area (Å²) < 4.78 is 0. The highest BCUT2D eigenvalue weighted by Gasteiger charge is 2.12. The molecular formula is C11H17N3OS. The van der Waals surface area contributed by atoms with Crippen LogP contribution in [0.5, 0.6) is 0 Å². The van der Waals surface area contributed by atoms with Gasteiger partial charge in [0.1, 0.15) is 0 Å². The van der Waals surface area contributed by atoms with Gasteiger partial charge in [-0.05, 0) is 31.5 Å². The van der Waals surface area contributed by atoms with Gasteiger partial charge in [0.2, 0.25) is 5.91 Å². The minimum atomic E-state index is -0.142. The van der Waals surface area contributed by atoms with Crippen molar-refractivity contribution in [2.24, 2.45) is 11.8 Å². The van der Waals surface area contributed by atoms with Crippen LogP contribution in [0.1, 0.15) is 18.2 Å². The van der Waals surface area contributed by atoms with Gasteiger partial charge in [0, 0.05) is 17.4 Å². The predicted octanol–water partition coefficient (Wildman–Crippen LogP) is 1.42. The van der Waals surface area contributed by atoms with Crippen LogP contribution in [0.4, 0.5) is 0 Å². The maximum Gasteiger partial charge on any atom is 0.237 e. The van der Waals surface area contributed by atoms with Gasteiger partial charge in [-0.25, -0.2) is 10.8 Å². The van der Waals surface area contributed by atoms with Crippen molar-refractivity contribution in [3.8, 4) is 0 Å². The fraction of sp³-hybridized carbons (Fsp3) is 0.455. The molecular weight excluding hydrogens is 222 g/mol. The lowest BCUT2D eigenvalue weighted by molar-refractivity contribution is -0.123. The Hall–Kier alpha value is -1.07. The van der Waals surface area contributed by atoms with Gasteiger partial charge in [0.05, 0.1) is 5.03 Å². The standard InChI is InChI=1S/C11H17N3OS/c1-7-4-9(3)13-10(5-7)16-6-8(2)11(15)14-12/h4-5,8H,6,12H2,1-3H3,(H,14,15). The Morgan fingerprint density at radius 1 is 1.56 bits per heavy atom. The Labute approximate surface area is 100.0 Å². The SMILES string of the molecule is Cc1cc(C)nc(SCC(C)C(=O)NN)c1. The average molecular weight is 239 g/mol. The van der Waals surface area contributed by atoms with E-state index in [0.717, 1.165) is 10.7 Å². The Kier molecular flexibility index (Phi) is 4.76. The van der Waals surface area contributed by atoms with Crippen LogP contribution >= 0.6 is 11.8 Å². The summed E-state index contributed by atoms with van der Waals surface area (Å²) in [6.45, 7) is 5.85. The second-order valence-corrected chi connectivity index (χ2v) is 4.89. The first-order valence-corrected chi connectivity index (χ1v) is 6.10. The number of carbonyl (C=O) groups excluding carboxylic acids is 1. The number of carbonyl (C=O) groups is 1. The van der Waals surface area contributed by atoms with Gasteiger partial charge in [0.25, 0.3) is 0 Å². The van der Waals surface area contributed by atoms with Crippen molar-refractivity contribution in [2.75, 3.05) is 5.75 Å². The van der Waals surface area contributed by atoms with Crippen LogP contribution < -0.4 is 11.3 Å². The molecule has 1 rings (SSSR count). The van der Waals surface area contributed by atoms with Gasteiger partial charge in [-0.2, -0.15) is 0 Å². The first-order chi connectivity index (χ1) is 7.52. The van der Waals surface area contributed by atoms with Crippen LogP contribution in [-0.2, 0) is 4.79 Å². The molecule has 1 heterocycles. The highest BCUT2D eigenvalue weighted by molar-refractivity contribution is 7.99. The van der Waals surface area contributed by atoms with Gasteiger partial charge in [0.15, 0.2) is 0 Å². The van der Waals surface area contributed by atoms with Crippen LogP contribution in [0, 0.1) is 19.8 Å². The number of pyridine rings is 1. The summed E-state index contributed by atoms with van der Waals surface area (Å²) in [6, 6.07) is 4.05. The maximum absolute atomic E-state index is 11.2. The van der Waals surface area contributed by atoms with Crippen molar-refractivity contribution in [1.82, 2.24) is 10.4 Å². The van der Waals surface area contributed by atoms with Gasteiger partial charge in [-0.1, -0.05) is 6.92 Å².